The van der Waals surface area contributed by atoms with Gasteiger partial charge in [0.1, 0.15) is 5.67 Å². The minimum atomic E-state index is -1.26. The van der Waals surface area contributed by atoms with E-state index in [-0.39, 0.29) is 24.4 Å². The van der Waals surface area contributed by atoms with E-state index in [1.54, 1.807) is 0 Å². The molecule has 0 amide bonds. The fourth-order valence-corrected chi connectivity index (χ4v) is 0.696. The van der Waals surface area contributed by atoms with Gasteiger partial charge in [0, 0.05) is 6.54 Å². The van der Waals surface area contributed by atoms with E-state index in [9.17, 15) is 4.39 Å². The van der Waals surface area contributed by atoms with Crippen LogP contribution in [0.5, 0.6) is 0 Å². The summed E-state index contributed by atoms with van der Waals surface area (Å²) < 4.78 is 12.9. The van der Waals surface area contributed by atoms with Gasteiger partial charge in [-0.1, -0.05) is 0 Å². The minimum Gasteiger partial charge on any atom is -0.325 e. The Bertz CT molecular complexity index is 181. The highest BCUT2D eigenvalue weighted by molar-refractivity contribution is 6.40. The van der Waals surface area contributed by atoms with Crippen LogP contribution in [0, 0.1) is 10.8 Å². The van der Waals surface area contributed by atoms with Crippen molar-refractivity contribution in [1.82, 2.24) is 0 Å². The molecule has 0 radical (unpaired) electrons. The average molecular weight is 173 g/mol. The lowest BCUT2D eigenvalue weighted by Crippen LogP contribution is -2.24. The number of halogens is 1. The molecule has 0 aromatic carbocycles. The maximum Gasteiger partial charge on any atom is 0.105 e. The second-order valence-corrected chi connectivity index (χ2v) is 3.38. The quantitative estimate of drug-likeness (QED) is 0.542. The highest BCUT2D eigenvalue weighted by Crippen LogP contribution is 2.15. The zero-order chi connectivity index (χ0) is 9.78. The number of nitrogens with two attached hydrogens (primary N) is 1. The second kappa shape index (κ2) is 4.30. The summed E-state index contributed by atoms with van der Waals surface area (Å²) in [5, 5.41) is 14.5. The Morgan fingerprint density at radius 1 is 1.33 bits per heavy atom. The first-order valence-corrected chi connectivity index (χ1v) is 3.91. The van der Waals surface area contributed by atoms with Crippen LogP contribution >= 0.6 is 0 Å². The molecule has 70 valence electrons. The van der Waals surface area contributed by atoms with Crippen LogP contribution in [0.15, 0.2) is 0 Å². The van der Waals surface area contributed by atoms with E-state index in [0.717, 1.165) is 0 Å². The molecule has 0 aliphatic carbocycles. The van der Waals surface area contributed by atoms with E-state index in [2.05, 4.69) is 0 Å². The molecular formula is C8H16FN3. The molecule has 12 heavy (non-hydrogen) atoms. The average Bonchev–Trinajstić information content (AvgIpc) is 1.97. The summed E-state index contributed by atoms with van der Waals surface area (Å²) in [6, 6.07) is 0. The Kier molecular flexibility index (Phi) is 4.03. The Labute approximate surface area is 72.2 Å². The van der Waals surface area contributed by atoms with E-state index in [1.165, 1.54) is 13.8 Å². The zero-order valence-corrected chi connectivity index (χ0v) is 7.58. The highest BCUT2D eigenvalue weighted by Gasteiger charge is 2.16. The van der Waals surface area contributed by atoms with Crippen LogP contribution in [0.2, 0.25) is 0 Å². The number of rotatable bonds is 5. The van der Waals surface area contributed by atoms with Gasteiger partial charge in [-0.3, -0.25) is 0 Å². The Hall–Kier alpha value is -0.770. The van der Waals surface area contributed by atoms with Gasteiger partial charge in [-0.25, -0.2) is 4.39 Å². The molecule has 3 nitrogen and oxygen atoms in total. The van der Waals surface area contributed by atoms with E-state index in [4.69, 9.17) is 16.6 Å². The summed E-state index contributed by atoms with van der Waals surface area (Å²) in [5.74, 6) is 0. The Morgan fingerprint density at radius 3 is 2.17 bits per heavy atom. The molecule has 0 atom stereocenters. The third-order valence-electron chi connectivity index (χ3n) is 1.54. The molecule has 4 heteroatoms. The molecular weight excluding hydrogens is 157 g/mol. The van der Waals surface area contributed by atoms with Crippen molar-refractivity contribution in [2.75, 3.05) is 6.54 Å². The van der Waals surface area contributed by atoms with Crippen molar-refractivity contribution in [3.63, 3.8) is 0 Å². The lowest BCUT2D eigenvalue weighted by atomic mass is 10.0. The number of alkyl halides is 1. The standard InChI is InChI=1S/C8H16FN3/c1-8(2,9)4-3-6(11)7(12)5-10/h11-12H,3-5,10H2,1-2H3. The van der Waals surface area contributed by atoms with Crippen molar-refractivity contribution in [3.8, 4) is 0 Å². The van der Waals surface area contributed by atoms with Gasteiger partial charge < -0.3 is 16.6 Å². The molecule has 0 rings (SSSR count). The van der Waals surface area contributed by atoms with Gasteiger partial charge in [0.05, 0.1) is 11.4 Å². The topological polar surface area (TPSA) is 73.7 Å². The molecule has 0 unspecified atom stereocenters. The molecule has 0 saturated carbocycles. The van der Waals surface area contributed by atoms with Gasteiger partial charge in [0.15, 0.2) is 0 Å². The van der Waals surface area contributed by atoms with Crippen molar-refractivity contribution < 1.29 is 4.39 Å². The molecule has 0 aromatic rings. The first-order chi connectivity index (χ1) is 5.37. The summed E-state index contributed by atoms with van der Waals surface area (Å²) in [7, 11) is 0. The number of hydrogen-bond donors (Lipinski definition) is 3. The van der Waals surface area contributed by atoms with Crippen molar-refractivity contribution >= 4 is 11.4 Å². The van der Waals surface area contributed by atoms with Crippen LogP contribution in [0.3, 0.4) is 0 Å². The van der Waals surface area contributed by atoms with Crippen molar-refractivity contribution in [1.29, 1.82) is 10.8 Å². The lowest BCUT2D eigenvalue weighted by Gasteiger charge is -2.13. The van der Waals surface area contributed by atoms with Gasteiger partial charge in [-0.2, -0.15) is 0 Å². The molecule has 0 saturated heterocycles. The van der Waals surface area contributed by atoms with Crippen molar-refractivity contribution in [2.24, 2.45) is 5.73 Å². The molecule has 0 aromatic heterocycles. The Morgan fingerprint density at radius 2 is 1.83 bits per heavy atom. The normalized spacial score (nSPS) is 11.3. The predicted octanol–water partition coefficient (Wildman–Crippen LogP) is 1.51. The maximum atomic E-state index is 12.9. The zero-order valence-electron chi connectivity index (χ0n) is 7.58. The molecule has 0 spiro atoms. The van der Waals surface area contributed by atoms with Crippen molar-refractivity contribution in [2.45, 2.75) is 32.4 Å². The summed E-state index contributed by atoms with van der Waals surface area (Å²) in [4.78, 5) is 0. The third kappa shape index (κ3) is 4.96. The van der Waals surface area contributed by atoms with E-state index in [1.807, 2.05) is 0 Å². The van der Waals surface area contributed by atoms with Gasteiger partial charge in [0.25, 0.3) is 0 Å². The summed E-state index contributed by atoms with van der Waals surface area (Å²) in [6.07, 6.45) is 0.563. The second-order valence-electron chi connectivity index (χ2n) is 3.38. The van der Waals surface area contributed by atoms with E-state index in [0.29, 0.717) is 6.42 Å². The van der Waals surface area contributed by atoms with Crippen LogP contribution < -0.4 is 5.73 Å². The summed E-state index contributed by atoms with van der Waals surface area (Å²) in [6.45, 7) is 2.99. The fourth-order valence-electron chi connectivity index (χ4n) is 0.696. The lowest BCUT2D eigenvalue weighted by molar-refractivity contribution is 0.205. The first-order valence-electron chi connectivity index (χ1n) is 3.91. The smallest absolute Gasteiger partial charge is 0.105 e. The van der Waals surface area contributed by atoms with Crippen LogP contribution in [0.1, 0.15) is 26.7 Å². The maximum absolute atomic E-state index is 12.9. The number of nitrogens with one attached hydrogen (secondary N) is 2. The van der Waals surface area contributed by atoms with Crippen LogP contribution in [-0.4, -0.2) is 23.6 Å². The number of hydrogen-bond acceptors (Lipinski definition) is 3. The monoisotopic (exact) mass is 173 g/mol. The molecule has 0 aliphatic rings. The minimum absolute atomic E-state index is 0.0611. The molecule has 0 heterocycles. The third-order valence-corrected chi connectivity index (χ3v) is 1.54. The van der Waals surface area contributed by atoms with Gasteiger partial charge in [-0.05, 0) is 26.7 Å². The van der Waals surface area contributed by atoms with Gasteiger partial charge in [0.2, 0.25) is 0 Å². The summed E-state index contributed by atoms with van der Waals surface area (Å²) >= 11 is 0. The van der Waals surface area contributed by atoms with Crippen LogP contribution in [0.4, 0.5) is 4.39 Å². The fraction of sp³-hybridized carbons (Fsp3) is 0.750. The first kappa shape index (κ1) is 11.2. The summed E-state index contributed by atoms with van der Waals surface area (Å²) in [5.41, 5.74) is 4.13. The van der Waals surface area contributed by atoms with Gasteiger partial charge in [-0.15, -0.1) is 0 Å². The molecule has 0 bridgehead atoms. The molecule has 4 N–H and O–H groups in total. The SMILES string of the molecule is CC(C)(F)CCC(=N)C(=N)CN. The highest BCUT2D eigenvalue weighted by atomic mass is 19.1. The largest absolute Gasteiger partial charge is 0.325 e. The van der Waals surface area contributed by atoms with Crippen LogP contribution in [0.25, 0.3) is 0 Å². The van der Waals surface area contributed by atoms with Crippen LogP contribution in [-0.2, 0) is 0 Å². The molecule has 0 fully saturated rings. The van der Waals surface area contributed by atoms with Crippen molar-refractivity contribution in [3.05, 3.63) is 0 Å². The molecule has 0 aliphatic heterocycles. The van der Waals surface area contributed by atoms with Gasteiger partial charge >= 0.3 is 0 Å². The van der Waals surface area contributed by atoms with E-state index < -0.39 is 5.67 Å². The van der Waals surface area contributed by atoms with E-state index >= 15 is 0 Å². The predicted molar refractivity (Wildman–Crippen MR) is 48.9 cm³/mol. The Balaban J connectivity index is 3.80.